The summed E-state index contributed by atoms with van der Waals surface area (Å²) in [6.45, 7) is 1.41. The highest BCUT2D eigenvalue weighted by Crippen LogP contribution is 2.33. The number of nitrogens with zero attached hydrogens (tertiary/aromatic N) is 2. The molecule has 2 aliphatic carbocycles. The molecule has 3 aromatic rings. The van der Waals surface area contributed by atoms with Crippen LogP contribution < -0.4 is 15.0 Å². The average Bonchev–Trinajstić information content (AvgIpc) is 3.30. The Morgan fingerprint density at radius 2 is 1.78 bits per heavy atom. The summed E-state index contributed by atoms with van der Waals surface area (Å²) in [5.74, 6) is 1.38. The number of aromatic nitrogens is 1. The van der Waals surface area contributed by atoms with Crippen molar-refractivity contribution in [2.75, 3.05) is 18.0 Å². The van der Waals surface area contributed by atoms with Crippen LogP contribution in [0.15, 0.2) is 78.4 Å². The molecule has 45 heavy (non-hydrogen) atoms. The molecule has 0 radical (unpaired) electrons. The Morgan fingerprint density at radius 3 is 2.53 bits per heavy atom. The van der Waals surface area contributed by atoms with Crippen LogP contribution in [-0.2, 0) is 6.18 Å². The number of benzene rings is 2. The topological polar surface area (TPSA) is 54.5 Å². The van der Waals surface area contributed by atoms with Gasteiger partial charge in [0.15, 0.2) is 5.01 Å². The second kappa shape index (κ2) is 14.2. The Kier molecular flexibility index (Phi) is 9.93. The number of hydrogen-bond donors (Lipinski definition) is 1. The number of thiazole rings is 1. The molecule has 1 N–H and O–H groups in total. The zero-order valence-corrected chi connectivity index (χ0v) is 26.2. The zero-order valence-electron chi connectivity index (χ0n) is 25.4. The van der Waals surface area contributed by atoms with Gasteiger partial charge in [-0.3, -0.25) is 4.79 Å². The summed E-state index contributed by atoms with van der Waals surface area (Å²) in [7, 11) is 0. The van der Waals surface area contributed by atoms with Gasteiger partial charge in [0.2, 0.25) is 0 Å². The van der Waals surface area contributed by atoms with Gasteiger partial charge in [-0.05, 0) is 98.9 Å². The van der Waals surface area contributed by atoms with Crippen LogP contribution in [0.1, 0.15) is 79.6 Å². The quantitative estimate of drug-likeness (QED) is 0.255. The van der Waals surface area contributed by atoms with Crippen LogP contribution in [0.5, 0.6) is 5.75 Å². The maximum Gasteiger partial charge on any atom is 0.416 e. The lowest BCUT2D eigenvalue weighted by molar-refractivity contribution is -0.137. The minimum Gasteiger partial charge on any atom is -0.490 e. The Hall–Kier alpha value is -3.59. The van der Waals surface area contributed by atoms with Crippen molar-refractivity contribution in [1.82, 2.24) is 10.3 Å². The highest BCUT2D eigenvalue weighted by Gasteiger charge is 2.30. The Balaban J connectivity index is 0.945. The molecule has 1 saturated carbocycles. The number of carbonyl (C=O) groups is 1. The monoisotopic (exact) mass is 635 g/mol. The number of halogens is 3. The molecule has 0 atom stereocenters. The fourth-order valence-electron chi connectivity index (χ4n) is 6.59. The largest absolute Gasteiger partial charge is 0.490 e. The molecule has 3 aliphatic rings. The first kappa shape index (κ1) is 31.4. The summed E-state index contributed by atoms with van der Waals surface area (Å²) in [4.78, 5) is 19.8. The van der Waals surface area contributed by atoms with Crippen molar-refractivity contribution in [3.05, 3.63) is 89.0 Å². The molecule has 5 nitrogen and oxygen atoms in total. The van der Waals surface area contributed by atoms with Crippen molar-refractivity contribution in [1.29, 1.82) is 0 Å². The number of amides is 1. The molecule has 0 unspecified atom stereocenters. The first-order valence-corrected chi connectivity index (χ1v) is 16.9. The maximum absolute atomic E-state index is 13.1. The van der Waals surface area contributed by atoms with E-state index in [0.29, 0.717) is 18.1 Å². The number of nitrogens with one attached hydrogen (secondary N) is 1. The molecule has 1 saturated heterocycles. The molecule has 1 aromatic heterocycles. The van der Waals surface area contributed by atoms with Gasteiger partial charge in [0.25, 0.3) is 5.91 Å². The van der Waals surface area contributed by atoms with Crippen molar-refractivity contribution < 1.29 is 22.7 Å². The van der Waals surface area contributed by atoms with E-state index >= 15 is 0 Å². The normalized spacial score (nSPS) is 21.0. The van der Waals surface area contributed by atoms with Gasteiger partial charge in [0.05, 0.1) is 15.8 Å². The summed E-state index contributed by atoms with van der Waals surface area (Å²) < 4.78 is 45.9. The van der Waals surface area contributed by atoms with Gasteiger partial charge in [-0.15, -0.1) is 11.3 Å². The Labute approximate surface area is 266 Å². The number of rotatable bonds is 9. The van der Waals surface area contributed by atoms with E-state index in [9.17, 15) is 18.0 Å². The second-order valence-electron chi connectivity index (χ2n) is 12.4. The number of allylic oxidation sites excluding steroid dienone is 6. The zero-order chi connectivity index (χ0) is 31.2. The van der Waals surface area contributed by atoms with Crippen LogP contribution in [0.2, 0.25) is 0 Å². The van der Waals surface area contributed by atoms with Crippen molar-refractivity contribution >= 4 is 33.1 Å². The van der Waals surface area contributed by atoms with Gasteiger partial charge in [-0.1, -0.05) is 36.8 Å². The van der Waals surface area contributed by atoms with Crippen molar-refractivity contribution in [3.63, 3.8) is 0 Å². The van der Waals surface area contributed by atoms with Gasteiger partial charge in [-0.2, -0.15) is 13.2 Å². The van der Waals surface area contributed by atoms with Crippen LogP contribution in [-0.4, -0.2) is 36.1 Å². The summed E-state index contributed by atoms with van der Waals surface area (Å²) in [5.41, 5.74) is 2.36. The number of hydrogen-bond acceptors (Lipinski definition) is 5. The van der Waals surface area contributed by atoms with E-state index in [2.05, 4.69) is 45.6 Å². The second-order valence-corrected chi connectivity index (χ2v) is 13.4. The fourth-order valence-corrected chi connectivity index (χ4v) is 7.49. The lowest BCUT2D eigenvalue weighted by atomic mass is 9.83. The summed E-state index contributed by atoms with van der Waals surface area (Å²) >= 11 is 1.39. The molecule has 0 bridgehead atoms. The number of ether oxygens (including phenoxy) is 1. The van der Waals surface area contributed by atoms with Crippen molar-refractivity contribution in [3.8, 4) is 5.75 Å². The summed E-state index contributed by atoms with van der Waals surface area (Å²) in [6.07, 6.45) is 17.2. The standard InChI is InChI=1S/C36H40F3N3O2S/c37-36(38,39)27-12-16-29(17-13-27)42-22-20-30(21-23-42)44-31-18-19-32-33(24-31)45-35(41-32)34(43)40-28-14-10-26(11-15-28)9-5-8-25-6-3-1-2-4-7-25/h1,3-4,6-7,12-13,16-19,24,26,28,30H,2,5,8-11,14-15,20-23H2,(H,40,43). The predicted octanol–water partition coefficient (Wildman–Crippen LogP) is 9.26. The fraction of sp³-hybridized carbons (Fsp3) is 0.444. The highest BCUT2D eigenvalue weighted by atomic mass is 32.1. The minimum atomic E-state index is -4.33. The van der Waals surface area contributed by atoms with E-state index in [-0.39, 0.29) is 18.1 Å². The lowest BCUT2D eigenvalue weighted by Crippen LogP contribution is -2.38. The van der Waals surface area contributed by atoms with Crippen LogP contribution in [0, 0.1) is 5.92 Å². The minimum absolute atomic E-state index is 0.0156. The van der Waals surface area contributed by atoms with E-state index in [1.54, 1.807) is 0 Å². The van der Waals surface area contributed by atoms with Gasteiger partial charge >= 0.3 is 6.18 Å². The first-order valence-electron chi connectivity index (χ1n) is 16.1. The van der Waals surface area contributed by atoms with Crippen molar-refractivity contribution in [2.24, 2.45) is 5.92 Å². The molecule has 2 fully saturated rings. The molecule has 2 aromatic carbocycles. The van der Waals surface area contributed by atoms with Crippen LogP contribution in [0.4, 0.5) is 18.9 Å². The molecular formula is C36H40F3N3O2S. The smallest absolute Gasteiger partial charge is 0.416 e. The predicted molar refractivity (Wildman–Crippen MR) is 175 cm³/mol. The van der Waals surface area contributed by atoms with E-state index in [0.717, 1.165) is 91.1 Å². The van der Waals surface area contributed by atoms with Gasteiger partial charge in [-0.25, -0.2) is 4.98 Å². The van der Waals surface area contributed by atoms with E-state index in [1.807, 2.05) is 18.2 Å². The average molecular weight is 636 g/mol. The number of fused-ring (bicyclic) bond motifs is 1. The third-order valence-corrected chi connectivity index (χ3v) is 10.2. The van der Waals surface area contributed by atoms with E-state index < -0.39 is 11.7 Å². The number of piperidine rings is 1. The number of carbonyl (C=O) groups excluding carboxylic acids is 1. The molecule has 1 amide bonds. The summed E-state index contributed by atoms with van der Waals surface area (Å²) in [5, 5.41) is 3.71. The number of alkyl halides is 3. The van der Waals surface area contributed by atoms with E-state index in [4.69, 9.17) is 4.74 Å². The third-order valence-electron chi connectivity index (χ3n) is 9.17. The van der Waals surface area contributed by atoms with Crippen LogP contribution >= 0.6 is 11.3 Å². The molecular weight excluding hydrogens is 595 g/mol. The highest BCUT2D eigenvalue weighted by molar-refractivity contribution is 7.20. The third kappa shape index (κ3) is 8.37. The SMILES string of the molecule is O=C(NC1CCC(CCCC2=CC=CCC=C2)CC1)c1nc2ccc(OC3CCN(c4ccc(C(F)(F)F)cc4)CC3)cc2s1. The van der Waals surface area contributed by atoms with Crippen molar-refractivity contribution in [2.45, 2.75) is 82.5 Å². The first-order chi connectivity index (χ1) is 21.8. The van der Waals surface area contributed by atoms with Crippen LogP contribution in [0.25, 0.3) is 10.2 Å². The molecule has 6 rings (SSSR count). The molecule has 0 spiro atoms. The number of anilines is 1. The molecule has 2 heterocycles. The maximum atomic E-state index is 13.1. The lowest BCUT2D eigenvalue weighted by Gasteiger charge is -2.33. The van der Waals surface area contributed by atoms with Crippen LogP contribution in [0.3, 0.4) is 0 Å². The molecule has 9 heteroatoms. The molecule has 238 valence electrons. The van der Waals surface area contributed by atoms with E-state index in [1.165, 1.54) is 41.9 Å². The van der Waals surface area contributed by atoms with Gasteiger partial charge in [0, 0.05) is 37.7 Å². The molecule has 1 aliphatic heterocycles. The van der Waals surface area contributed by atoms with Gasteiger partial charge in [0.1, 0.15) is 11.9 Å². The van der Waals surface area contributed by atoms with Gasteiger partial charge < -0.3 is 15.0 Å². The summed E-state index contributed by atoms with van der Waals surface area (Å²) in [6, 6.07) is 11.3. The Bertz CT molecular complexity index is 1540. The Morgan fingerprint density at radius 1 is 1.00 bits per heavy atom.